The van der Waals surface area contributed by atoms with Crippen molar-refractivity contribution < 1.29 is 0 Å². The molecule has 3 aromatic rings. The van der Waals surface area contributed by atoms with Crippen LogP contribution in [0.4, 0.5) is 0 Å². The Hall–Kier alpha value is -4.11. The highest BCUT2D eigenvalue weighted by Crippen LogP contribution is 2.20. The minimum Gasteiger partial charge on any atom is -0.357 e. The van der Waals surface area contributed by atoms with Gasteiger partial charge in [0.25, 0.3) is 0 Å². The number of allylic oxidation sites excluding steroid dienone is 8. The van der Waals surface area contributed by atoms with E-state index in [-0.39, 0.29) is 0 Å². The summed E-state index contributed by atoms with van der Waals surface area (Å²) in [7, 11) is 0. The van der Waals surface area contributed by atoms with E-state index in [1.165, 1.54) is 11.1 Å². The van der Waals surface area contributed by atoms with E-state index in [2.05, 4.69) is 90.4 Å². The molecule has 178 valence electrons. The molecule has 2 aromatic heterocycles. The molecule has 3 heteroatoms. The van der Waals surface area contributed by atoms with Crippen LogP contribution in [0, 0.1) is 6.92 Å². The minimum absolute atomic E-state index is 0.869. The van der Waals surface area contributed by atoms with Crippen LogP contribution in [0.25, 0.3) is 29.6 Å². The third kappa shape index (κ3) is 6.48. The predicted molar refractivity (Wildman–Crippen MR) is 152 cm³/mol. The molecule has 0 amide bonds. The Morgan fingerprint density at radius 1 is 1.11 bits per heavy atom. The molecule has 2 N–H and O–H groups in total. The first-order valence-electron chi connectivity index (χ1n) is 11.9. The van der Waals surface area contributed by atoms with Gasteiger partial charge in [-0.1, -0.05) is 92.6 Å². The van der Waals surface area contributed by atoms with Crippen LogP contribution in [0.1, 0.15) is 37.1 Å². The summed E-state index contributed by atoms with van der Waals surface area (Å²) in [6.45, 7) is 18.3. The normalized spacial score (nSPS) is 13.6. The molecule has 0 aliphatic carbocycles. The van der Waals surface area contributed by atoms with Crippen molar-refractivity contribution in [2.45, 2.75) is 33.6 Å². The van der Waals surface area contributed by atoms with Gasteiger partial charge in [0.05, 0.1) is 11.0 Å². The standard InChI is InChI=1S/C32H35N3/c1-7-11-17-28-22-31(33-24(28)6)32-29(30(10-4)34-35-32)20-23(5)27(9-3)21-25(8-2)18-19-26-15-13-12-14-16-26/h7-17,20-22,33-34H,1-2,5,18-19H2,3-4,6H3/b17-11-,25-21+,27-9+,29-20+,30-10+. The maximum Gasteiger partial charge on any atom is 0.116 e. The zero-order valence-electron chi connectivity index (χ0n) is 21.1. The quantitative estimate of drug-likeness (QED) is 0.323. The second kappa shape index (κ2) is 12.4. The van der Waals surface area contributed by atoms with Gasteiger partial charge in [-0.05, 0) is 73.6 Å². The lowest BCUT2D eigenvalue weighted by molar-refractivity contribution is 0.964. The average Bonchev–Trinajstić information content (AvgIpc) is 3.45. The van der Waals surface area contributed by atoms with Crippen molar-refractivity contribution in [1.82, 2.24) is 15.2 Å². The molecular weight excluding hydrogens is 426 g/mol. The summed E-state index contributed by atoms with van der Waals surface area (Å²) in [4.78, 5) is 3.47. The fourth-order valence-electron chi connectivity index (χ4n) is 3.97. The van der Waals surface area contributed by atoms with Crippen LogP contribution in [0.15, 0.2) is 103 Å². The smallest absolute Gasteiger partial charge is 0.116 e. The van der Waals surface area contributed by atoms with Gasteiger partial charge < -0.3 is 4.98 Å². The molecule has 0 unspecified atom stereocenters. The Morgan fingerprint density at radius 3 is 2.54 bits per heavy atom. The third-order valence-electron chi connectivity index (χ3n) is 5.99. The Labute approximate surface area is 209 Å². The Kier molecular flexibility index (Phi) is 9.02. The fraction of sp³-hybridized carbons (Fsp3) is 0.156. The van der Waals surface area contributed by atoms with Gasteiger partial charge in [-0.25, -0.2) is 0 Å². The van der Waals surface area contributed by atoms with E-state index in [9.17, 15) is 0 Å². The number of rotatable bonds is 10. The van der Waals surface area contributed by atoms with Crippen molar-refractivity contribution in [1.29, 1.82) is 0 Å². The van der Waals surface area contributed by atoms with E-state index >= 15 is 0 Å². The second-order valence-electron chi connectivity index (χ2n) is 8.37. The number of aromatic nitrogens is 3. The molecule has 0 aliphatic rings. The topological polar surface area (TPSA) is 44.5 Å². The van der Waals surface area contributed by atoms with Gasteiger partial charge in [0.2, 0.25) is 0 Å². The molecule has 0 aliphatic heterocycles. The number of aryl methyl sites for hydroxylation is 2. The highest BCUT2D eigenvalue weighted by atomic mass is 15.1. The summed E-state index contributed by atoms with van der Waals surface area (Å²) in [6.07, 6.45) is 18.0. The highest BCUT2D eigenvalue weighted by Gasteiger charge is 2.10. The van der Waals surface area contributed by atoms with Crippen LogP contribution in [-0.4, -0.2) is 15.2 Å². The summed E-state index contributed by atoms with van der Waals surface area (Å²) in [6, 6.07) is 12.6. The molecule has 3 nitrogen and oxygen atoms in total. The maximum atomic E-state index is 4.62. The molecule has 2 heterocycles. The van der Waals surface area contributed by atoms with Gasteiger partial charge in [-0.15, -0.1) is 0 Å². The number of H-pyrrole nitrogens is 2. The zero-order valence-corrected chi connectivity index (χ0v) is 21.1. The molecule has 0 spiro atoms. The first-order valence-corrected chi connectivity index (χ1v) is 11.9. The number of hydrogen-bond donors (Lipinski definition) is 2. The highest BCUT2D eigenvalue weighted by molar-refractivity contribution is 5.69. The van der Waals surface area contributed by atoms with Crippen molar-refractivity contribution >= 4 is 18.2 Å². The lowest BCUT2D eigenvalue weighted by Gasteiger charge is -2.07. The van der Waals surface area contributed by atoms with Gasteiger partial charge in [-0.2, -0.15) is 5.10 Å². The summed E-state index contributed by atoms with van der Waals surface area (Å²) < 4.78 is 0. The van der Waals surface area contributed by atoms with Gasteiger partial charge in [-0.3, -0.25) is 5.10 Å². The van der Waals surface area contributed by atoms with Gasteiger partial charge in [0, 0.05) is 10.9 Å². The molecular formula is C32H35N3. The van der Waals surface area contributed by atoms with Crippen LogP contribution in [-0.2, 0) is 6.42 Å². The molecule has 3 rings (SSSR count). The van der Waals surface area contributed by atoms with Gasteiger partial charge in [0.1, 0.15) is 5.69 Å². The Bertz CT molecular complexity index is 1400. The van der Waals surface area contributed by atoms with E-state index in [1.54, 1.807) is 6.08 Å². The first kappa shape index (κ1) is 25.5. The van der Waals surface area contributed by atoms with Crippen molar-refractivity contribution in [3.8, 4) is 11.4 Å². The number of benzene rings is 1. The molecule has 0 bridgehead atoms. The number of aromatic amines is 2. The minimum atomic E-state index is 0.869. The van der Waals surface area contributed by atoms with Crippen molar-refractivity contribution in [2.24, 2.45) is 0 Å². The molecule has 0 saturated heterocycles. The Balaban J connectivity index is 1.94. The van der Waals surface area contributed by atoms with E-state index in [1.807, 2.05) is 44.2 Å². The van der Waals surface area contributed by atoms with Crippen LogP contribution in [0.2, 0.25) is 0 Å². The maximum absolute atomic E-state index is 4.62. The largest absolute Gasteiger partial charge is 0.357 e. The van der Waals surface area contributed by atoms with E-state index in [0.29, 0.717) is 0 Å². The lowest BCUT2D eigenvalue weighted by Crippen LogP contribution is -2.23. The average molecular weight is 462 g/mol. The summed E-state index contributed by atoms with van der Waals surface area (Å²) in [5.41, 5.74) is 8.52. The SMILES string of the molecule is C=C/C=C\c1cc(-c2n[nH]c(=C/C)/c2=C\C(=C)C(/C=C(\C=C)CCc2ccccc2)=C/C)[nH]c1C. The van der Waals surface area contributed by atoms with E-state index < -0.39 is 0 Å². The first-order chi connectivity index (χ1) is 17.0. The van der Waals surface area contributed by atoms with E-state index in [0.717, 1.165) is 57.2 Å². The fourth-order valence-corrected chi connectivity index (χ4v) is 3.97. The predicted octanol–water partition coefficient (Wildman–Crippen LogP) is 6.74. The summed E-state index contributed by atoms with van der Waals surface area (Å²) >= 11 is 0. The van der Waals surface area contributed by atoms with Crippen LogP contribution < -0.4 is 10.6 Å². The van der Waals surface area contributed by atoms with Crippen molar-refractivity contribution in [3.63, 3.8) is 0 Å². The number of nitrogens with one attached hydrogen (secondary N) is 2. The Morgan fingerprint density at radius 2 is 1.89 bits per heavy atom. The zero-order chi connectivity index (χ0) is 25.2. The van der Waals surface area contributed by atoms with Gasteiger partial charge in [0.15, 0.2) is 0 Å². The lowest BCUT2D eigenvalue weighted by atomic mass is 9.98. The number of nitrogens with zero attached hydrogens (tertiary/aromatic N) is 1. The number of hydrogen-bond acceptors (Lipinski definition) is 1. The molecule has 35 heavy (non-hydrogen) atoms. The molecule has 0 saturated carbocycles. The second-order valence-corrected chi connectivity index (χ2v) is 8.37. The van der Waals surface area contributed by atoms with Crippen LogP contribution in [0.5, 0.6) is 0 Å². The molecule has 0 atom stereocenters. The third-order valence-corrected chi connectivity index (χ3v) is 5.99. The van der Waals surface area contributed by atoms with E-state index in [4.69, 9.17) is 0 Å². The monoisotopic (exact) mass is 461 g/mol. The van der Waals surface area contributed by atoms with Gasteiger partial charge >= 0.3 is 0 Å². The van der Waals surface area contributed by atoms with Crippen LogP contribution >= 0.6 is 0 Å². The summed E-state index contributed by atoms with van der Waals surface area (Å²) in [5.74, 6) is 0. The summed E-state index contributed by atoms with van der Waals surface area (Å²) in [5, 5.41) is 9.75. The molecule has 1 aromatic carbocycles. The molecule has 0 fully saturated rings. The van der Waals surface area contributed by atoms with Crippen LogP contribution in [0.3, 0.4) is 0 Å². The van der Waals surface area contributed by atoms with Crippen molar-refractivity contribution in [3.05, 3.63) is 131 Å². The van der Waals surface area contributed by atoms with Crippen molar-refractivity contribution in [2.75, 3.05) is 0 Å². The molecule has 0 radical (unpaired) electrons.